The quantitative estimate of drug-likeness (QED) is 0.593. The summed E-state index contributed by atoms with van der Waals surface area (Å²) in [5.74, 6) is 0.467. The van der Waals surface area contributed by atoms with Crippen LogP contribution in [0.2, 0.25) is 0 Å². The van der Waals surface area contributed by atoms with Gasteiger partial charge in [0.15, 0.2) is 0 Å². The monoisotopic (exact) mass is 429 g/mol. The average Bonchev–Trinajstić information content (AvgIpc) is 2.63. The molecule has 0 bridgehead atoms. The molecule has 0 saturated heterocycles. The van der Waals surface area contributed by atoms with Crippen LogP contribution in [0.15, 0.2) is 50.1 Å². The van der Waals surface area contributed by atoms with Crippen LogP contribution in [0, 0.1) is 13.8 Å². The minimum atomic E-state index is -0.419. The van der Waals surface area contributed by atoms with Crippen molar-refractivity contribution in [1.82, 2.24) is 0 Å². The van der Waals surface area contributed by atoms with E-state index in [-0.39, 0.29) is 12.3 Å². The van der Waals surface area contributed by atoms with Crippen LogP contribution in [0.25, 0.3) is 11.0 Å². The van der Waals surface area contributed by atoms with Crippen LogP contribution >= 0.6 is 15.9 Å². The SMILES string of the molecule is COc1ccc2c(C)c(CCC(=O)Nc3ccc(C)cc3Br)c(=O)oc2c1. The van der Waals surface area contributed by atoms with Crippen molar-refractivity contribution in [3.8, 4) is 5.75 Å². The van der Waals surface area contributed by atoms with Gasteiger partial charge in [0.25, 0.3) is 0 Å². The molecule has 5 nitrogen and oxygen atoms in total. The Morgan fingerprint density at radius 3 is 2.67 bits per heavy atom. The van der Waals surface area contributed by atoms with Gasteiger partial charge < -0.3 is 14.5 Å². The average molecular weight is 430 g/mol. The summed E-state index contributed by atoms with van der Waals surface area (Å²) in [7, 11) is 1.56. The number of fused-ring (bicyclic) bond motifs is 1. The molecule has 0 spiro atoms. The molecule has 0 aliphatic heterocycles. The first-order valence-corrected chi connectivity index (χ1v) is 9.34. The van der Waals surface area contributed by atoms with Crippen LogP contribution < -0.4 is 15.7 Å². The van der Waals surface area contributed by atoms with Gasteiger partial charge in [-0.3, -0.25) is 4.79 Å². The number of methoxy groups -OCH3 is 1. The van der Waals surface area contributed by atoms with E-state index in [0.29, 0.717) is 29.0 Å². The minimum absolute atomic E-state index is 0.159. The smallest absolute Gasteiger partial charge is 0.339 e. The predicted octanol–water partition coefficient (Wildman–Crippen LogP) is 4.75. The van der Waals surface area contributed by atoms with E-state index in [1.165, 1.54) is 0 Å². The van der Waals surface area contributed by atoms with Crippen LogP contribution in [0.5, 0.6) is 5.75 Å². The maximum atomic E-state index is 12.4. The van der Waals surface area contributed by atoms with E-state index in [4.69, 9.17) is 9.15 Å². The second kappa shape index (κ2) is 7.96. The highest BCUT2D eigenvalue weighted by atomic mass is 79.9. The Kier molecular flexibility index (Phi) is 5.65. The van der Waals surface area contributed by atoms with Gasteiger partial charge >= 0.3 is 5.63 Å². The Hall–Kier alpha value is -2.60. The highest BCUT2D eigenvalue weighted by molar-refractivity contribution is 9.10. The number of hydrogen-bond acceptors (Lipinski definition) is 4. The van der Waals surface area contributed by atoms with Crippen LogP contribution in [0.4, 0.5) is 5.69 Å². The molecule has 27 heavy (non-hydrogen) atoms. The highest BCUT2D eigenvalue weighted by Gasteiger charge is 2.14. The molecule has 0 aliphatic carbocycles. The zero-order chi connectivity index (χ0) is 19.6. The fraction of sp³-hybridized carbons (Fsp3) is 0.238. The van der Waals surface area contributed by atoms with E-state index in [2.05, 4.69) is 21.2 Å². The summed E-state index contributed by atoms with van der Waals surface area (Å²) < 4.78 is 11.4. The van der Waals surface area contributed by atoms with Gasteiger partial charge in [-0.2, -0.15) is 0 Å². The topological polar surface area (TPSA) is 68.5 Å². The van der Waals surface area contributed by atoms with Crippen molar-refractivity contribution in [2.24, 2.45) is 0 Å². The summed E-state index contributed by atoms with van der Waals surface area (Å²) in [6.45, 7) is 3.85. The number of hydrogen-bond donors (Lipinski definition) is 1. The number of ether oxygens (including phenoxy) is 1. The standard InChI is InChI=1S/C21H20BrNO4/c1-12-4-8-18(17(22)10-12)23-20(24)9-7-16-13(2)15-6-5-14(26-3)11-19(15)27-21(16)25/h4-6,8,10-11H,7,9H2,1-3H3,(H,23,24). The lowest BCUT2D eigenvalue weighted by atomic mass is 10.0. The molecule has 0 unspecified atom stereocenters. The molecule has 0 fully saturated rings. The number of rotatable bonds is 5. The van der Waals surface area contributed by atoms with Crippen molar-refractivity contribution in [1.29, 1.82) is 0 Å². The van der Waals surface area contributed by atoms with Crippen LogP contribution in [0.3, 0.4) is 0 Å². The lowest BCUT2D eigenvalue weighted by Crippen LogP contribution is -2.17. The van der Waals surface area contributed by atoms with E-state index in [0.717, 1.165) is 21.0 Å². The first-order chi connectivity index (χ1) is 12.9. The lowest BCUT2D eigenvalue weighted by Gasteiger charge is -2.10. The van der Waals surface area contributed by atoms with E-state index in [9.17, 15) is 9.59 Å². The summed E-state index contributed by atoms with van der Waals surface area (Å²) in [5.41, 5.74) is 3.21. The van der Waals surface area contributed by atoms with Gasteiger partial charge in [0.2, 0.25) is 5.91 Å². The fourth-order valence-corrected chi connectivity index (χ4v) is 3.56. The molecular weight excluding hydrogens is 410 g/mol. The van der Waals surface area contributed by atoms with Crippen molar-refractivity contribution in [2.45, 2.75) is 26.7 Å². The number of benzene rings is 2. The summed E-state index contributed by atoms with van der Waals surface area (Å²) in [4.78, 5) is 24.7. The highest BCUT2D eigenvalue weighted by Crippen LogP contribution is 2.25. The van der Waals surface area contributed by atoms with Gasteiger partial charge in [-0.25, -0.2) is 4.79 Å². The van der Waals surface area contributed by atoms with Gasteiger partial charge in [-0.15, -0.1) is 0 Å². The number of aryl methyl sites for hydroxylation is 2. The van der Waals surface area contributed by atoms with Crippen LogP contribution in [0.1, 0.15) is 23.1 Å². The second-order valence-corrected chi connectivity index (χ2v) is 7.24. The fourth-order valence-electron chi connectivity index (χ4n) is 2.96. The van der Waals surface area contributed by atoms with Crippen molar-refractivity contribution >= 4 is 38.5 Å². The second-order valence-electron chi connectivity index (χ2n) is 6.39. The summed E-state index contributed by atoms with van der Waals surface area (Å²) in [6, 6.07) is 11.1. The van der Waals surface area contributed by atoms with Crippen molar-refractivity contribution in [3.63, 3.8) is 0 Å². The number of nitrogens with one attached hydrogen (secondary N) is 1. The number of halogens is 1. The molecule has 3 aromatic rings. The Bertz CT molecular complexity index is 1070. The Labute approximate surface area is 165 Å². The molecule has 1 N–H and O–H groups in total. The molecule has 3 rings (SSSR count). The minimum Gasteiger partial charge on any atom is -0.497 e. The maximum absolute atomic E-state index is 12.4. The first-order valence-electron chi connectivity index (χ1n) is 8.55. The molecule has 0 saturated carbocycles. The maximum Gasteiger partial charge on any atom is 0.339 e. The van der Waals surface area contributed by atoms with Gasteiger partial charge in [0, 0.05) is 27.9 Å². The summed E-state index contributed by atoms with van der Waals surface area (Å²) in [5, 5.41) is 3.70. The zero-order valence-electron chi connectivity index (χ0n) is 15.4. The Balaban J connectivity index is 1.78. The largest absolute Gasteiger partial charge is 0.497 e. The van der Waals surface area contributed by atoms with Gasteiger partial charge in [0.1, 0.15) is 11.3 Å². The van der Waals surface area contributed by atoms with Crippen molar-refractivity contribution < 1.29 is 13.9 Å². The normalized spacial score (nSPS) is 10.8. The number of anilines is 1. The number of carbonyl (C=O) groups is 1. The third-order valence-electron chi connectivity index (χ3n) is 4.50. The van der Waals surface area contributed by atoms with Crippen LogP contribution in [-0.2, 0) is 11.2 Å². The van der Waals surface area contributed by atoms with E-state index < -0.39 is 5.63 Å². The molecule has 0 aliphatic rings. The predicted molar refractivity (Wildman–Crippen MR) is 110 cm³/mol. The Morgan fingerprint density at radius 1 is 1.19 bits per heavy atom. The summed E-state index contributed by atoms with van der Waals surface area (Å²) >= 11 is 3.44. The van der Waals surface area contributed by atoms with E-state index in [1.54, 1.807) is 13.2 Å². The number of carbonyl (C=O) groups excluding carboxylic acids is 1. The third-order valence-corrected chi connectivity index (χ3v) is 5.15. The molecule has 6 heteroatoms. The molecule has 1 aromatic heterocycles. The first kappa shape index (κ1) is 19.2. The Morgan fingerprint density at radius 2 is 1.96 bits per heavy atom. The molecule has 140 valence electrons. The van der Waals surface area contributed by atoms with Crippen LogP contribution in [-0.4, -0.2) is 13.0 Å². The van der Waals surface area contributed by atoms with Gasteiger partial charge in [-0.05, 0) is 71.6 Å². The molecule has 1 amide bonds. The molecule has 2 aromatic carbocycles. The zero-order valence-corrected chi connectivity index (χ0v) is 17.0. The molecule has 0 radical (unpaired) electrons. The van der Waals surface area contributed by atoms with E-state index in [1.807, 2.05) is 44.2 Å². The summed E-state index contributed by atoms with van der Waals surface area (Å²) in [6.07, 6.45) is 0.499. The van der Waals surface area contributed by atoms with E-state index >= 15 is 0 Å². The van der Waals surface area contributed by atoms with Gasteiger partial charge in [-0.1, -0.05) is 6.07 Å². The number of amides is 1. The van der Waals surface area contributed by atoms with Gasteiger partial charge in [0.05, 0.1) is 12.8 Å². The molecular formula is C21H20BrNO4. The lowest BCUT2D eigenvalue weighted by molar-refractivity contribution is -0.116. The van der Waals surface area contributed by atoms with Crippen molar-refractivity contribution in [2.75, 3.05) is 12.4 Å². The van der Waals surface area contributed by atoms with Crippen molar-refractivity contribution in [3.05, 3.63) is 68.0 Å². The molecule has 0 atom stereocenters. The molecule has 1 heterocycles. The third kappa shape index (κ3) is 4.22.